The number of aryl methyl sites for hydroxylation is 1. The predicted molar refractivity (Wildman–Crippen MR) is 120 cm³/mol. The van der Waals surface area contributed by atoms with Crippen LogP contribution in [0, 0.1) is 18.7 Å². The minimum atomic E-state index is -0.553. The van der Waals surface area contributed by atoms with Crippen molar-refractivity contribution in [2.24, 2.45) is 11.7 Å². The molecule has 1 aromatic heterocycles. The zero-order valence-electron chi connectivity index (χ0n) is 17.8. The molecule has 31 heavy (non-hydrogen) atoms. The highest BCUT2D eigenvalue weighted by atomic mass is 19.1. The van der Waals surface area contributed by atoms with Gasteiger partial charge in [-0.15, -0.1) is 0 Å². The topological polar surface area (TPSA) is 99.4 Å². The zero-order valence-corrected chi connectivity index (χ0v) is 17.8. The molecule has 2 heterocycles. The van der Waals surface area contributed by atoms with Gasteiger partial charge in [-0.1, -0.05) is 12.2 Å². The van der Waals surface area contributed by atoms with Gasteiger partial charge in [0.1, 0.15) is 0 Å². The Kier molecular flexibility index (Phi) is 6.03. The van der Waals surface area contributed by atoms with E-state index in [1.165, 1.54) is 5.69 Å². The first kappa shape index (κ1) is 21.0. The van der Waals surface area contributed by atoms with Gasteiger partial charge in [-0.3, -0.25) is 4.79 Å². The first-order valence-electron chi connectivity index (χ1n) is 10.5. The second kappa shape index (κ2) is 8.89. The Morgan fingerprint density at radius 2 is 2.00 bits per heavy atom. The quantitative estimate of drug-likeness (QED) is 0.611. The molecule has 1 aliphatic carbocycles. The van der Waals surface area contributed by atoms with Crippen molar-refractivity contribution >= 4 is 29.0 Å². The number of nitrogens with zero attached hydrogens (tertiary/aromatic N) is 4. The predicted octanol–water partition coefficient (Wildman–Crippen LogP) is 2.26. The molecule has 0 bridgehead atoms. The summed E-state index contributed by atoms with van der Waals surface area (Å²) in [7, 11) is 2.14. The smallest absolute Gasteiger partial charge is 0.229 e. The van der Waals surface area contributed by atoms with Gasteiger partial charge in [0.05, 0.1) is 12.1 Å². The van der Waals surface area contributed by atoms with Gasteiger partial charge in [0.15, 0.2) is 11.6 Å². The van der Waals surface area contributed by atoms with Crippen LogP contribution in [0.25, 0.3) is 0 Å². The summed E-state index contributed by atoms with van der Waals surface area (Å²) in [5.41, 5.74) is 8.55. The molecule has 1 amide bonds. The van der Waals surface area contributed by atoms with Crippen LogP contribution >= 0.6 is 0 Å². The molecule has 1 fully saturated rings. The maximum Gasteiger partial charge on any atom is 0.229 e. The van der Waals surface area contributed by atoms with Gasteiger partial charge in [-0.2, -0.15) is 4.98 Å². The molecular formula is C22H28FN7O. The Morgan fingerprint density at radius 3 is 2.68 bits per heavy atom. The van der Waals surface area contributed by atoms with Crippen molar-refractivity contribution in [1.82, 2.24) is 14.9 Å². The Bertz CT molecular complexity index is 988. The van der Waals surface area contributed by atoms with E-state index < -0.39 is 5.82 Å². The second-order valence-electron chi connectivity index (χ2n) is 8.19. The van der Waals surface area contributed by atoms with Gasteiger partial charge >= 0.3 is 0 Å². The normalized spacial score (nSPS) is 21.3. The number of halogens is 1. The fourth-order valence-electron chi connectivity index (χ4n) is 3.99. The molecule has 0 spiro atoms. The van der Waals surface area contributed by atoms with Crippen LogP contribution in [-0.4, -0.2) is 60.0 Å². The largest absolute Gasteiger partial charge is 0.369 e. The van der Waals surface area contributed by atoms with Crippen LogP contribution in [0.1, 0.15) is 12.0 Å². The van der Waals surface area contributed by atoms with Gasteiger partial charge in [-0.25, -0.2) is 9.37 Å². The molecule has 1 aliphatic heterocycles. The van der Waals surface area contributed by atoms with Gasteiger partial charge in [-0.05, 0) is 44.2 Å². The van der Waals surface area contributed by atoms with E-state index in [9.17, 15) is 9.18 Å². The summed E-state index contributed by atoms with van der Waals surface area (Å²) in [6, 6.07) is 5.92. The van der Waals surface area contributed by atoms with Crippen LogP contribution in [0.15, 0.2) is 36.5 Å². The Labute approximate surface area is 181 Å². The number of aromatic nitrogens is 2. The maximum atomic E-state index is 14.2. The molecule has 9 heteroatoms. The van der Waals surface area contributed by atoms with Crippen LogP contribution < -0.4 is 21.3 Å². The SMILES string of the molecule is Cc1cc(Nc2ncc(F)c(N[C@H]3C=C[C@@H](C(N)=O)C3)n2)ccc1N1CCN(C)CC1. The Hall–Kier alpha value is -3.20. The van der Waals surface area contributed by atoms with Crippen LogP contribution in [0.5, 0.6) is 0 Å². The number of hydrogen-bond donors (Lipinski definition) is 3. The lowest BCUT2D eigenvalue weighted by Crippen LogP contribution is -2.44. The van der Waals surface area contributed by atoms with E-state index in [0.717, 1.165) is 43.6 Å². The van der Waals surface area contributed by atoms with E-state index >= 15 is 0 Å². The number of nitrogens with one attached hydrogen (secondary N) is 2. The number of rotatable bonds is 6. The summed E-state index contributed by atoms with van der Waals surface area (Å²) in [4.78, 5) is 24.4. The molecule has 8 nitrogen and oxygen atoms in total. The average Bonchev–Trinajstić information content (AvgIpc) is 3.21. The third-order valence-electron chi connectivity index (χ3n) is 5.81. The minimum Gasteiger partial charge on any atom is -0.369 e. The van der Waals surface area contributed by atoms with Gasteiger partial charge in [0.2, 0.25) is 11.9 Å². The Balaban J connectivity index is 1.43. The van der Waals surface area contributed by atoms with Crippen molar-refractivity contribution in [1.29, 1.82) is 0 Å². The third-order valence-corrected chi connectivity index (χ3v) is 5.81. The molecule has 2 aliphatic rings. The van der Waals surface area contributed by atoms with Crippen molar-refractivity contribution in [3.8, 4) is 0 Å². The van der Waals surface area contributed by atoms with Gasteiger partial charge in [0.25, 0.3) is 0 Å². The molecule has 164 valence electrons. The summed E-state index contributed by atoms with van der Waals surface area (Å²) in [5.74, 6) is -0.904. The van der Waals surface area contributed by atoms with E-state index in [0.29, 0.717) is 12.4 Å². The van der Waals surface area contributed by atoms with Crippen LogP contribution in [0.4, 0.5) is 27.5 Å². The number of primary amides is 1. The molecule has 0 saturated carbocycles. The highest BCUT2D eigenvalue weighted by molar-refractivity contribution is 5.79. The monoisotopic (exact) mass is 425 g/mol. The summed E-state index contributed by atoms with van der Waals surface area (Å²) in [6.45, 7) is 6.20. The summed E-state index contributed by atoms with van der Waals surface area (Å²) >= 11 is 0. The van der Waals surface area contributed by atoms with Crippen molar-refractivity contribution in [3.05, 3.63) is 47.9 Å². The van der Waals surface area contributed by atoms with Crippen molar-refractivity contribution in [3.63, 3.8) is 0 Å². The van der Waals surface area contributed by atoms with Crippen molar-refractivity contribution < 1.29 is 9.18 Å². The molecule has 4 N–H and O–H groups in total. The Morgan fingerprint density at radius 1 is 1.23 bits per heavy atom. The first-order valence-corrected chi connectivity index (χ1v) is 10.5. The standard InChI is InChI=1S/C22H28FN7O/c1-14-11-16(5-6-19(14)30-9-7-29(2)8-10-30)27-22-25-13-18(23)21(28-22)26-17-4-3-15(12-17)20(24)31/h3-6,11,13,15,17H,7-10,12H2,1-2H3,(H2,24,31)(H2,25,26,27,28)/t15-,17+/m1/s1. The maximum absolute atomic E-state index is 14.2. The van der Waals surface area contributed by atoms with Gasteiger partial charge in [0, 0.05) is 43.6 Å². The van der Waals surface area contributed by atoms with Crippen LogP contribution in [0.3, 0.4) is 0 Å². The number of anilines is 4. The first-order chi connectivity index (χ1) is 14.9. The summed E-state index contributed by atoms with van der Waals surface area (Å²) in [6.07, 6.45) is 5.16. The van der Waals surface area contributed by atoms with Crippen molar-refractivity contribution in [2.75, 3.05) is 48.8 Å². The highest BCUT2D eigenvalue weighted by Crippen LogP contribution is 2.27. The zero-order chi connectivity index (χ0) is 22.0. The molecule has 2 atom stereocenters. The number of nitrogens with two attached hydrogens (primary N) is 1. The van der Waals surface area contributed by atoms with Crippen molar-refractivity contribution in [2.45, 2.75) is 19.4 Å². The lowest BCUT2D eigenvalue weighted by atomic mass is 10.1. The van der Waals surface area contributed by atoms with Gasteiger partial charge < -0.3 is 26.2 Å². The van der Waals surface area contributed by atoms with E-state index in [1.807, 2.05) is 18.2 Å². The van der Waals surface area contributed by atoms with Crippen LogP contribution in [-0.2, 0) is 4.79 Å². The van der Waals surface area contributed by atoms with Crippen LogP contribution in [0.2, 0.25) is 0 Å². The summed E-state index contributed by atoms with van der Waals surface area (Å²) in [5, 5.41) is 6.17. The number of likely N-dealkylation sites (N-methyl/N-ethyl adjacent to an activating group) is 1. The molecule has 0 unspecified atom stereocenters. The number of hydrogen-bond acceptors (Lipinski definition) is 7. The minimum absolute atomic E-state index is 0.0862. The molecule has 1 aromatic carbocycles. The molecule has 1 saturated heterocycles. The van der Waals surface area contributed by atoms with E-state index in [2.05, 4.69) is 50.4 Å². The lowest BCUT2D eigenvalue weighted by Gasteiger charge is -2.35. The number of amides is 1. The fourth-order valence-corrected chi connectivity index (χ4v) is 3.99. The number of carbonyl (C=O) groups excluding carboxylic acids is 1. The highest BCUT2D eigenvalue weighted by Gasteiger charge is 2.24. The second-order valence-corrected chi connectivity index (χ2v) is 8.19. The van der Waals surface area contributed by atoms with E-state index in [4.69, 9.17) is 5.73 Å². The van der Waals surface area contributed by atoms with E-state index in [1.54, 1.807) is 6.08 Å². The lowest BCUT2D eigenvalue weighted by molar-refractivity contribution is -0.120. The number of carbonyl (C=O) groups is 1. The summed E-state index contributed by atoms with van der Waals surface area (Å²) < 4.78 is 14.2. The fraction of sp³-hybridized carbons (Fsp3) is 0.409. The molecule has 4 rings (SSSR count). The molecule has 2 aromatic rings. The number of piperazine rings is 1. The van der Waals surface area contributed by atoms with E-state index in [-0.39, 0.29) is 23.7 Å². The molecular weight excluding hydrogens is 397 g/mol. The average molecular weight is 426 g/mol. The molecule has 0 radical (unpaired) electrons. The third kappa shape index (κ3) is 4.93. The number of benzene rings is 1.